The van der Waals surface area contributed by atoms with Crippen LogP contribution >= 0.6 is 31.9 Å². The highest BCUT2D eigenvalue weighted by Gasteiger charge is 2.19. The average Bonchev–Trinajstić information content (AvgIpc) is 2.16. The van der Waals surface area contributed by atoms with Crippen LogP contribution in [0.5, 0.6) is 0 Å². The number of sulfonamides is 1. The van der Waals surface area contributed by atoms with Crippen molar-refractivity contribution in [2.75, 3.05) is 6.54 Å². The topological polar surface area (TPSA) is 72.2 Å². The minimum atomic E-state index is -3.52. The lowest BCUT2D eigenvalue weighted by Crippen LogP contribution is -2.37. The summed E-state index contributed by atoms with van der Waals surface area (Å²) < 4.78 is 27.7. The molecule has 0 radical (unpaired) electrons. The number of nitrogens with two attached hydrogens (primary N) is 1. The predicted octanol–water partition coefficient (Wildman–Crippen LogP) is 1.84. The maximum atomic E-state index is 11.9. The first kappa shape index (κ1) is 14.1. The fourth-order valence-electron chi connectivity index (χ4n) is 1.07. The summed E-state index contributed by atoms with van der Waals surface area (Å²) in [4.78, 5) is 0.205. The van der Waals surface area contributed by atoms with E-state index in [0.717, 1.165) is 4.47 Å². The Hall–Kier alpha value is 0.0500. The molecular formula is C9H12Br2N2O2S. The van der Waals surface area contributed by atoms with Crippen LogP contribution in [-0.4, -0.2) is 21.0 Å². The number of nitrogens with one attached hydrogen (secondary N) is 1. The quantitative estimate of drug-likeness (QED) is 0.848. The van der Waals surface area contributed by atoms with Gasteiger partial charge in [-0.1, -0.05) is 15.9 Å². The van der Waals surface area contributed by atoms with Gasteiger partial charge in [0.1, 0.15) is 0 Å². The van der Waals surface area contributed by atoms with Gasteiger partial charge >= 0.3 is 0 Å². The summed E-state index contributed by atoms with van der Waals surface area (Å²) >= 11 is 6.48. The summed E-state index contributed by atoms with van der Waals surface area (Å²) in [6.45, 7) is 1.97. The van der Waals surface area contributed by atoms with Crippen LogP contribution < -0.4 is 10.5 Å². The van der Waals surface area contributed by atoms with Crippen molar-refractivity contribution >= 4 is 41.9 Å². The molecule has 0 unspecified atom stereocenters. The van der Waals surface area contributed by atoms with Gasteiger partial charge in [0.25, 0.3) is 0 Å². The summed E-state index contributed by atoms with van der Waals surface area (Å²) in [6.07, 6.45) is 0. The van der Waals surface area contributed by atoms with E-state index in [4.69, 9.17) is 5.73 Å². The number of benzene rings is 1. The highest BCUT2D eigenvalue weighted by molar-refractivity contribution is 9.11. The first-order valence-electron chi connectivity index (χ1n) is 4.54. The summed E-state index contributed by atoms with van der Waals surface area (Å²) in [5.41, 5.74) is 5.37. The Bertz CT molecular complexity index is 476. The molecule has 4 nitrogen and oxygen atoms in total. The Balaban J connectivity index is 3.08. The fraction of sp³-hybridized carbons (Fsp3) is 0.333. The van der Waals surface area contributed by atoms with E-state index in [1.54, 1.807) is 19.1 Å². The molecule has 0 aromatic heterocycles. The molecule has 0 bridgehead atoms. The molecule has 7 heteroatoms. The van der Waals surface area contributed by atoms with Crippen LogP contribution in [0.15, 0.2) is 32.0 Å². The highest BCUT2D eigenvalue weighted by atomic mass is 79.9. The van der Waals surface area contributed by atoms with Crippen LogP contribution in [-0.2, 0) is 10.0 Å². The van der Waals surface area contributed by atoms with E-state index in [-0.39, 0.29) is 17.5 Å². The molecule has 0 aliphatic carbocycles. The van der Waals surface area contributed by atoms with E-state index in [0.29, 0.717) is 4.47 Å². The largest absolute Gasteiger partial charge is 0.329 e. The predicted molar refractivity (Wildman–Crippen MR) is 70.7 cm³/mol. The van der Waals surface area contributed by atoms with Gasteiger partial charge in [-0.15, -0.1) is 0 Å². The van der Waals surface area contributed by atoms with Gasteiger partial charge in [0.2, 0.25) is 10.0 Å². The van der Waals surface area contributed by atoms with Crippen molar-refractivity contribution in [1.82, 2.24) is 4.72 Å². The zero-order chi connectivity index (χ0) is 12.3. The number of hydrogen-bond acceptors (Lipinski definition) is 3. The van der Waals surface area contributed by atoms with Crippen molar-refractivity contribution in [2.24, 2.45) is 5.73 Å². The molecule has 0 saturated carbocycles. The molecule has 0 fully saturated rings. The lowest BCUT2D eigenvalue weighted by atomic mass is 10.4. The normalized spacial score (nSPS) is 13.8. The highest BCUT2D eigenvalue weighted by Crippen LogP contribution is 2.25. The van der Waals surface area contributed by atoms with Crippen molar-refractivity contribution < 1.29 is 8.42 Å². The molecule has 0 saturated heterocycles. The van der Waals surface area contributed by atoms with Gasteiger partial charge in [-0.2, -0.15) is 0 Å². The third kappa shape index (κ3) is 3.53. The minimum absolute atomic E-state index is 0.205. The van der Waals surface area contributed by atoms with Crippen LogP contribution in [0.4, 0.5) is 0 Å². The summed E-state index contributed by atoms with van der Waals surface area (Å²) in [7, 11) is -3.52. The smallest absolute Gasteiger partial charge is 0.241 e. The first-order valence-corrected chi connectivity index (χ1v) is 7.61. The number of hydrogen-bond donors (Lipinski definition) is 2. The number of halogens is 2. The lowest BCUT2D eigenvalue weighted by Gasteiger charge is -2.13. The Morgan fingerprint density at radius 3 is 2.56 bits per heavy atom. The van der Waals surface area contributed by atoms with E-state index in [1.807, 2.05) is 0 Å². The molecular weight excluding hydrogens is 360 g/mol. The summed E-state index contributed by atoms with van der Waals surface area (Å²) in [5.74, 6) is 0. The monoisotopic (exact) mass is 370 g/mol. The molecule has 0 spiro atoms. The van der Waals surface area contributed by atoms with Crippen LogP contribution in [0.25, 0.3) is 0 Å². The second kappa shape index (κ2) is 5.59. The van der Waals surface area contributed by atoms with E-state index < -0.39 is 10.0 Å². The van der Waals surface area contributed by atoms with Crippen molar-refractivity contribution in [2.45, 2.75) is 17.9 Å². The Morgan fingerprint density at radius 2 is 2.06 bits per heavy atom. The van der Waals surface area contributed by atoms with Crippen molar-refractivity contribution in [3.63, 3.8) is 0 Å². The van der Waals surface area contributed by atoms with E-state index in [1.165, 1.54) is 6.07 Å². The second-order valence-electron chi connectivity index (χ2n) is 3.33. The van der Waals surface area contributed by atoms with E-state index >= 15 is 0 Å². The Kier molecular flexibility index (Phi) is 4.93. The zero-order valence-electron chi connectivity index (χ0n) is 8.57. The molecule has 0 amide bonds. The van der Waals surface area contributed by atoms with Crippen molar-refractivity contribution in [3.05, 3.63) is 27.1 Å². The van der Waals surface area contributed by atoms with Gasteiger partial charge < -0.3 is 5.73 Å². The second-order valence-corrected chi connectivity index (χ2v) is 6.79. The Labute approximate surface area is 112 Å². The van der Waals surface area contributed by atoms with Crippen LogP contribution in [0, 0.1) is 0 Å². The standard InChI is InChI=1S/C9H12Br2N2O2S/c1-6(5-12)13-16(14,15)9-3-2-7(10)4-8(9)11/h2-4,6,13H,5,12H2,1H3/t6-/m0/s1. The van der Waals surface area contributed by atoms with Gasteiger partial charge in [-0.25, -0.2) is 13.1 Å². The third-order valence-corrected chi connectivity index (χ3v) is 4.95. The van der Waals surface area contributed by atoms with Gasteiger partial charge in [-0.05, 0) is 41.1 Å². The molecule has 0 aliphatic heterocycles. The average molecular weight is 372 g/mol. The SMILES string of the molecule is C[C@@H](CN)NS(=O)(=O)c1ccc(Br)cc1Br. The van der Waals surface area contributed by atoms with Crippen LogP contribution in [0.3, 0.4) is 0 Å². The van der Waals surface area contributed by atoms with Crippen molar-refractivity contribution in [1.29, 1.82) is 0 Å². The number of rotatable bonds is 4. The first-order chi connectivity index (χ1) is 7.36. The van der Waals surface area contributed by atoms with Crippen LogP contribution in [0.1, 0.15) is 6.92 Å². The zero-order valence-corrected chi connectivity index (χ0v) is 12.6. The molecule has 0 heterocycles. The van der Waals surface area contributed by atoms with Gasteiger partial charge in [-0.3, -0.25) is 0 Å². The van der Waals surface area contributed by atoms with E-state index in [9.17, 15) is 8.42 Å². The van der Waals surface area contributed by atoms with Crippen molar-refractivity contribution in [3.8, 4) is 0 Å². The maximum Gasteiger partial charge on any atom is 0.241 e. The molecule has 3 N–H and O–H groups in total. The molecule has 1 aromatic carbocycles. The fourth-order valence-corrected chi connectivity index (χ4v) is 4.07. The van der Waals surface area contributed by atoms with Crippen LogP contribution in [0.2, 0.25) is 0 Å². The maximum absolute atomic E-state index is 11.9. The third-order valence-electron chi connectivity index (χ3n) is 1.89. The molecule has 1 rings (SSSR count). The molecule has 1 atom stereocenters. The molecule has 90 valence electrons. The minimum Gasteiger partial charge on any atom is -0.329 e. The molecule has 16 heavy (non-hydrogen) atoms. The lowest BCUT2D eigenvalue weighted by molar-refractivity contribution is 0.562. The Morgan fingerprint density at radius 1 is 1.44 bits per heavy atom. The summed E-state index contributed by atoms with van der Waals surface area (Å²) in [6, 6.07) is 4.59. The summed E-state index contributed by atoms with van der Waals surface area (Å²) in [5, 5.41) is 0. The molecule has 1 aromatic rings. The van der Waals surface area contributed by atoms with Gasteiger partial charge in [0.05, 0.1) is 4.90 Å². The van der Waals surface area contributed by atoms with Gasteiger partial charge in [0, 0.05) is 21.5 Å². The van der Waals surface area contributed by atoms with Gasteiger partial charge in [0.15, 0.2) is 0 Å². The molecule has 0 aliphatic rings. The van der Waals surface area contributed by atoms with E-state index in [2.05, 4.69) is 36.6 Å².